The number of hydroxylamine groups is 1. The number of hydrazine groups is 1. The molecule has 7 nitrogen and oxygen atoms in total. The van der Waals surface area contributed by atoms with Crippen LogP contribution >= 0.6 is 0 Å². The van der Waals surface area contributed by atoms with Gasteiger partial charge in [-0.25, -0.2) is 4.39 Å². The standard InChI is InChI=1S/C23H26FN3O4/c1-25-23(29)21-18-12-17(14-4-5-14)19(27(10-11-28)26(2)30-3)13-20(18)31-22(21)15-6-8-16(24)9-7-15/h6-9,12-14,28H,4-5,10-11H2,1-3H3,(H,25,29). The number of carbonyl (C=O) groups is 1. The predicted molar refractivity (Wildman–Crippen MR) is 116 cm³/mol. The van der Waals surface area contributed by atoms with Crippen LogP contribution in [0.3, 0.4) is 0 Å². The molecule has 0 atom stereocenters. The van der Waals surface area contributed by atoms with Crippen LogP contribution in [0.15, 0.2) is 40.8 Å². The Morgan fingerprint density at radius 2 is 2.00 bits per heavy atom. The highest BCUT2D eigenvalue weighted by Gasteiger charge is 2.32. The van der Waals surface area contributed by atoms with Gasteiger partial charge in [-0.05, 0) is 54.7 Å². The smallest absolute Gasteiger partial charge is 0.255 e. The summed E-state index contributed by atoms with van der Waals surface area (Å²) in [6, 6.07) is 9.75. The van der Waals surface area contributed by atoms with Crippen LogP contribution in [-0.2, 0) is 4.84 Å². The Morgan fingerprint density at radius 3 is 2.58 bits per heavy atom. The normalized spacial score (nSPS) is 13.7. The van der Waals surface area contributed by atoms with Crippen molar-refractivity contribution in [2.24, 2.45) is 0 Å². The van der Waals surface area contributed by atoms with Crippen LogP contribution in [0.5, 0.6) is 0 Å². The Hall–Kier alpha value is -2.94. The molecule has 3 aromatic rings. The van der Waals surface area contributed by atoms with E-state index in [1.165, 1.54) is 12.1 Å². The highest BCUT2D eigenvalue weighted by Crippen LogP contribution is 2.47. The maximum atomic E-state index is 13.5. The number of fused-ring (bicyclic) bond motifs is 1. The number of aliphatic hydroxyl groups excluding tert-OH is 1. The van der Waals surface area contributed by atoms with E-state index in [1.807, 2.05) is 17.1 Å². The van der Waals surface area contributed by atoms with E-state index >= 15 is 0 Å². The quantitative estimate of drug-likeness (QED) is 0.534. The molecule has 0 bridgehead atoms. The van der Waals surface area contributed by atoms with E-state index in [2.05, 4.69) is 5.32 Å². The fourth-order valence-electron chi connectivity index (χ4n) is 3.86. The molecule has 1 aromatic heterocycles. The van der Waals surface area contributed by atoms with Crippen molar-refractivity contribution in [1.29, 1.82) is 0 Å². The van der Waals surface area contributed by atoms with Gasteiger partial charge >= 0.3 is 0 Å². The number of benzene rings is 2. The number of nitrogens with zero attached hydrogens (tertiary/aromatic N) is 2. The van der Waals surface area contributed by atoms with Crippen LogP contribution in [0.4, 0.5) is 10.1 Å². The van der Waals surface area contributed by atoms with Crippen LogP contribution in [-0.4, -0.2) is 50.5 Å². The number of amides is 1. The van der Waals surface area contributed by atoms with Gasteiger partial charge in [0.1, 0.15) is 17.2 Å². The molecule has 0 aliphatic heterocycles. The summed E-state index contributed by atoms with van der Waals surface area (Å²) in [5, 5.41) is 16.4. The van der Waals surface area contributed by atoms with Gasteiger partial charge in [0.2, 0.25) is 0 Å². The largest absolute Gasteiger partial charge is 0.455 e. The Morgan fingerprint density at radius 1 is 1.29 bits per heavy atom. The number of nitrogens with one attached hydrogen (secondary N) is 1. The van der Waals surface area contributed by atoms with Crippen molar-refractivity contribution in [3.8, 4) is 11.3 Å². The third-order valence-corrected chi connectivity index (χ3v) is 5.61. The maximum Gasteiger partial charge on any atom is 0.255 e. The molecule has 1 aliphatic rings. The number of carbonyl (C=O) groups excluding carboxylic acids is 1. The Balaban J connectivity index is 1.95. The SMILES string of the molecule is CNC(=O)c1c(-c2ccc(F)cc2)oc2cc(N(CCO)N(C)OC)c(C3CC3)cc12. The van der Waals surface area contributed by atoms with Crippen LogP contribution in [0, 0.1) is 5.82 Å². The lowest BCUT2D eigenvalue weighted by Crippen LogP contribution is -2.41. The molecule has 1 aliphatic carbocycles. The van der Waals surface area contributed by atoms with Crippen molar-refractivity contribution in [3.05, 3.63) is 53.3 Å². The molecule has 2 aromatic carbocycles. The maximum absolute atomic E-state index is 13.5. The zero-order valence-corrected chi connectivity index (χ0v) is 17.8. The summed E-state index contributed by atoms with van der Waals surface area (Å²) in [4.78, 5) is 18.2. The molecular formula is C23H26FN3O4. The van der Waals surface area contributed by atoms with Gasteiger partial charge in [-0.1, -0.05) is 0 Å². The Bertz CT molecular complexity index is 1090. The summed E-state index contributed by atoms with van der Waals surface area (Å²) in [7, 11) is 4.89. The van der Waals surface area contributed by atoms with Gasteiger partial charge in [0.25, 0.3) is 5.91 Å². The first-order valence-electron chi connectivity index (χ1n) is 10.2. The van der Waals surface area contributed by atoms with Crippen molar-refractivity contribution < 1.29 is 23.5 Å². The minimum atomic E-state index is -0.359. The molecule has 0 saturated heterocycles. The van der Waals surface area contributed by atoms with Gasteiger partial charge in [0.15, 0.2) is 0 Å². The van der Waals surface area contributed by atoms with Crippen molar-refractivity contribution >= 4 is 22.6 Å². The van der Waals surface area contributed by atoms with E-state index in [0.29, 0.717) is 40.3 Å². The first kappa shape index (κ1) is 21.3. The average Bonchev–Trinajstić information content (AvgIpc) is 3.56. The molecule has 1 saturated carbocycles. The molecule has 2 N–H and O–H groups in total. The monoisotopic (exact) mass is 427 g/mol. The van der Waals surface area contributed by atoms with Gasteiger partial charge in [0, 0.05) is 31.1 Å². The highest BCUT2D eigenvalue weighted by molar-refractivity contribution is 6.11. The number of halogens is 1. The summed E-state index contributed by atoms with van der Waals surface area (Å²) in [5.41, 5.74) is 3.50. The number of aliphatic hydroxyl groups is 1. The third kappa shape index (κ3) is 4.01. The lowest BCUT2D eigenvalue weighted by molar-refractivity contribution is -0.120. The van der Waals surface area contributed by atoms with Gasteiger partial charge in [-0.3, -0.25) is 14.6 Å². The first-order valence-corrected chi connectivity index (χ1v) is 10.2. The zero-order chi connectivity index (χ0) is 22.1. The molecule has 31 heavy (non-hydrogen) atoms. The molecular weight excluding hydrogens is 401 g/mol. The van der Waals surface area contributed by atoms with Crippen molar-refractivity contribution in [3.63, 3.8) is 0 Å². The summed E-state index contributed by atoms with van der Waals surface area (Å²) >= 11 is 0. The molecule has 0 unspecified atom stereocenters. The molecule has 1 fully saturated rings. The van der Waals surface area contributed by atoms with Crippen LogP contribution in [0.25, 0.3) is 22.3 Å². The topological polar surface area (TPSA) is 78.2 Å². The summed E-state index contributed by atoms with van der Waals surface area (Å²) in [6.45, 7) is 0.279. The van der Waals surface area contributed by atoms with Crippen molar-refractivity contribution in [2.75, 3.05) is 39.4 Å². The van der Waals surface area contributed by atoms with E-state index in [0.717, 1.165) is 24.1 Å². The summed E-state index contributed by atoms with van der Waals surface area (Å²) in [6.07, 6.45) is 2.11. The third-order valence-electron chi connectivity index (χ3n) is 5.61. The number of hydrogen-bond acceptors (Lipinski definition) is 6. The Kier molecular flexibility index (Phi) is 5.95. The minimum absolute atomic E-state index is 0.0572. The molecule has 4 rings (SSSR count). The molecule has 0 radical (unpaired) electrons. The van der Waals surface area contributed by atoms with Crippen LogP contribution < -0.4 is 10.3 Å². The van der Waals surface area contributed by atoms with Crippen LogP contribution in [0.1, 0.15) is 34.7 Å². The van der Waals surface area contributed by atoms with Gasteiger partial charge in [-0.15, -0.1) is 5.17 Å². The predicted octanol–water partition coefficient (Wildman–Crippen LogP) is 3.68. The highest BCUT2D eigenvalue weighted by atomic mass is 19.1. The summed E-state index contributed by atoms with van der Waals surface area (Å²) in [5.74, 6) is 0.130. The second-order valence-electron chi connectivity index (χ2n) is 7.57. The number of hydrogen-bond donors (Lipinski definition) is 2. The fraction of sp³-hybridized carbons (Fsp3) is 0.348. The van der Waals surface area contributed by atoms with Gasteiger partial charge in [0.05, 0.1) is 31.5 Å². The Labute approximate surface area is 179 Å². The van der Waals surface area contributed by atoms with E-state index in [9.17, 15) is 14.3 Å². The van der Waals surface area contributed by atoms with Gasteiger partial charge < -0.3 is 14.8 Å². The lowest BCUT2D eigenvalue weighted by atomic mass is 10.00. The molecule has 8 heteroatoms. The number of rotatable bonds is 8. The first-order chi connectivity index (χ1) is 15.0. The number of furan rings is 1. The summed E-state index contributed by atoms with van der Waals surface area (Å²) < 4.78 is 19.6. The average molecular weight is 427 g/mol. The molecule has 0 spiro atoms. The van der Waals surface area contributed by atoms with E-state index in [-0.39, 0.29) is 18.3 Å². The van der Waals surface area contributed by atoms with Gasteiger partial charge in [-0.2, -0.15) is 0 Å². The van der Waals surface area contributed by atoms with Crippen LogP contribution in [0.2, 0.25) is 0 Å². The second kappa shape index (κ2) is 8.66. The number of anilines is 1. The lowest BCUT2D eigenvalue weighted by Gasteiger charge is -2.32. The van der Waals surface area contributed by atoms with E-state index < -0.39 is 0 Å². The fourth-order valence-corrected chi connectivity index (χ4v) is 3.86. The van der Waals surface area contributed by atoms with Crippen molar-refractivity contribution in [2.45, 2.75) is 18.8 Å². The van der Waals surface area contributed by atoms with E-state index in [4.69, 9.17) is 9.25 Å². The van der Waals surface area contributed by atoms with Crippen molar-refractivity contribution in [1.82, 2.24) is 10.5 Å². The minimum Gasteiger partial charge on any atom is -0.455 e. The van der Waals surface area contributed by atoms with E-state index in [1.54, 1.807) is 38.5 Å². The molecule has 164 valence electrons. The zero-order valence-electron chi connectivity index (χ0n) is 17.8. The molecule has 1 heterocycles. The molecule has 1 amide bonds. The second-order valence-corrected chi connectivity index (χ2v) is 7.57.